The van der Waals surface area contributed by atoms with Crippen molar-refractivity contribution in [1.82, 2.24) is 19.6 Å². The predicted octanol–water partition coefficient (Wildman–Crippen LogP) is 3.26. The summed E-state index contributed by atoms with van der Waals surface area (Å²) in [6.07, 6.45) is 0.976. The minimum atomic E-state index is -0.209. The first-order chi connectivity index (χ1) is 14.0. The highest BCUT2D eigenvalue weighted by Crippen LogP contribution is 2.19. The van der Waals surface area contributed by atoms with Crippen LogP contribution in [0.15, 0.2) is 52.6 Å². The summed E-state index contributed by atoms with van der Waals surface area (Å²) in [4.78, 5) is 37.1. The fourth-order valence-electron chi connectivity index (χ4n) is 3.08. The van der Waals surface area contributed by atoms with Gasteiger partial charge < -0.3 is 0 Å². The lowest BCUT2D eigenvalue weighted by Gasteiger charge is -2.19. The van der Waals surface area contributed by atoms with E-state index in [1.54, 1.807) is 30.1 Å². The molecule has 0 aliphatic rings. The minimum absolute atomic E-state index is 0.0668. The van der Waals surface area contributed by atoms with Crippen molar-refractivity contribution in [1.29, 1.82) is 0 Å². The molecule has 0 aliphatic heterocycles. The van der Waals surface area contributed by atoms with E-state index in [1.165, 1.54) is 4.52 Å². The molecule has 0 radical (unpaired) electrons. The predicted molar refractivity (Wildman–Crippen MR) is 113 cm³/mol. The van der Waals surface area contributed by atoms with E-state index in [4.69, 9.17) is 0 Å². The number of aromatic nitrogens is 4. The zero-order chi connectivity index (χ0) is 20.4. The molecule has 148 valence electrons. The van der Waals surface area contributed by atoms with Crippen molar-refractivity contribution in [3.63, 3.8) is 0 Å². The fraction of sp³-hybridized carbons (Fsp3) is 0.238. The maximum absolute atomic E-state index is 13.1. The van der Waals surface area contributed by atoms with E-state index in [0.29, 0.717) is 36.6 Å². The van der Waals surface area contributed by atoms with Crippen LogP contribution < -0.4 is 10.5 Å². The van der Waals surface area contributed by atoms with Gasteiger partial charge in [0, 0.05) is 22.6 Å². The Morgan fingerprint density at radius 3 is 2.66 bits per heavy atom. The molecule has 4 aromatic rings. The summed E-state index contributed by atoms with van der Waals surface area (Å²) in [7, 11) is 0. The Morgan fingerprint density at radius 2 is 1.93 bits per heavy atom. The molecule has 1 aromatic carbocycles. The van der Waals surface area contributed by atoms with Crippen molar-refractivity contribution in [2.75, 3.05) is 4.90 Å². The molecule has 0 fully saturated rings. The topological polar surface area (TPSA) is 83.4 Å². The molecule has 0 aliphatic carbocycles. The van der Waals surface area contributed by atoms with Crippen molar-refractivity contribution in [2.24, 2.45) is 0 Å². The molecule has 0 unspecified atom stereocenters. The van der Waals surface area contributed by atoms with E-state index >= 15 is 0 Å². The number of carbonyl (C=O) groups excluding carboxylic acids is 1. The average Bonchev–Trinajstić information content (AvgIpc) is 3.39. The van der Waals surface area contributed by atoms with Crippen LogP contribution in [0.2, 0.25) is 0 Å². The van der Waals surface area contributed by atoms with Crippen LogP contribution >= 0.6 is 11.3 Å². The van der Waals surface area contributed by atoms with Crippen LogP contribution in [0.1, 0.15) is 28.1 Å². The van der Waals surface area contributed by atoms with Crippen LogP contribution in [0.5, 0.6) is 0 Å². The third-order valence-electron chi connectivity index (χ3n) is 4.87. The molecule has 7 nitrogen and oxygen atoms in total. The van der Waals surface area contributed by atoms with E-state index in [0.717, 1.165) is 10.4 Å². The fourth-order valence-corrected chi connectivity index (χ4v) is 3.78. The largest absolute Gasteiger partial charge is 0.277 e. The van der Waals surface area contributed by atoms with Crippen LogP contribution in [-0.2, 0) is 17.8 Å². The van der Waals surface area contributed by atoms with Crippen LogP contribution in [-0.4, -0.2) is 25.5 Å². The smallest absolute Gasteiger partial charge is 0.276 e. The molecule has 0 saturated heterocycles. The number of aryl methyl sites for hydroxylation is 2. The maximum Gasteiger partial charge on any atom is 0.277 e. The summed E-state index contributed by atoms with van der Waals surface area (Å²) in [5.74, 6) is 0.522. The third kappa shape index (κ3) is 3.97. The monoisotopic (exact) mass is 407 g/mol. The second kappa shape index (κ2) is 8.00. The zero-order valence-electron chi connectivity index (χ0n) is 16.3. The Morgan fingerprint density at radius 1 is 1.14 bits per heavy atom. The molecule has 1 N–H and O–H groups in total. The van der Waals surface area contributed by atoms with Crippen molar-refractivity contribution in [3.05, 3.63) is 79.9 Å². The van der Waals surface area contributed by atoms with E-state index in [-0.39, 0.29) is 17.2 Å². The molecule has 0 atom stereocenters. The number of anilines is 1. The number of nitrogens with one attached hydrogen (secondary N) is 1. The molecule has 0 bridgehead atoms. The summed E-state index contributed by atoms with van der Waals surface area (Å²) in [6, 6.07) is 13.8. The SMILES string of the molecule is Cc1nc2nc(N(Cc3cccs3)C(=O)CCc3ccccc3)[nH]n2c(=O)c1C. The number of aromatic amines is 1. The van der Waals surface area contributed by atoms with Gasteiger partial charge in [-0.2, -0.15) is 9.50 Å². The Bertz CT molecular complexity index is 1200. The van der Waals surface area contributed by atoms with Crippen LogP contribution in [0.25, 0.3) is 5.78 Å². The quantitative estimate of drug-likeness (QED) is 0.532. The highest BCUT2D eigenvalue weighted by molar-refractivity contribution is 7.09. The number of amides is 1. The van der Waals surface area contributed by atoms with Crippen LogP contribution in [0.3, 0.4) is 0 Å². The molecule has 29 heavy (non-hydrogen) atoms. The standard InChI is InChI=1S/C21H21N5O2S/c1-14-15(2)22-20-23-21(24-26(20)19(14)28)25(13-17-9-6-12-29-17)18(27)11-10-16-7-4-3-5-8-16/h3-9,12H,10-11,13H2,1-2H3,(H,22,23,24). The Labute approximate surface area is 171 Å². The zero-order valence-corrected chi connectivity index (χ0v) is 17.1. The van der Waals surface area contributed by atoms with Gasteiger partial charge in [0.25, 0.3) is 11.3 Å². The number of benzene rings is 1. The van der Waals surface area contributed by atoms with Crippen molar-refractivity contribution in [3.8, 4) is 0 Å². The van der Waals surface area contributed by atoms with Gasteiger partial charge in [-0.1, -0.05) is 36.4 Å². The van der Waals surface area contributed by atoms with E-state index in [2.05, 4.69) is 15.1 Å². The lowest BCUT2D eigenvalue weighted by Crippen LogP contribution is -2.31. The van der Waals surface area contributed by atoms with Gasteiger partial charge in [-0.05, 0) is 37.3 Å². The van der Waals surface area contributed by atoms with Gasteiger partial charge in [0.05, 0.1) is 6.54 Å². The second-order valence-corrected chi connectivity index (χ2v) is 7.89. The number of rotatable bonds is 6. The maximum atomic E-state index is 13.1. The number of nitrogens with zero attached hydrogens (tertiary/aromatic N) is 4. The Kier molecular flexibility index (Phi) is 5.26. The number of hydrogen-bond donors (Lipinski definition) is 1. The molecular formula is C21H21N5O2S. The Hall–Kier alpha value is -3.26. The lowest BCUT2D eigenvalue weighted by molar-refractivity contribution is -0.118. The molecule has 0 saturated carbocycles. The summed E-state index contributed by atoms with van der Waals surface area (Å²) >= 11 is 1.57. The highest BCUT2D eigenvalue weighted by Gasteiger charge is 2.21. The molecule has 4 rings (SSSR count). The van der Waals surface area contributed by atoms with Crippen molar-refractivity contribution < 1.29 is 4.79 Å². The molecular weight excluding hydrogens is 386 g/mol. The third-order valence-corrected chi connectivity index (χ3v) is 5.73. The van der Waals surface area contributed by atoms with Gasteiger partial charge in [-0.25, -0.2) is 4.98 Å². The van der Waals surface area contributed by atoms with Gasteiger partial charge in [0.2, 0.25) is 11.9 Å². The van der Waals surface area contributed by atoms with Crippen LogP contribution in [0, 0.1) is 13.8 Å². The first kappa shape index (κ1) is 19.1. The molecule has 8 heteroatoms. The lowest BCUT2D eigenvalue weighted by atomic mass is 10.1. The average molecular weight is 407 g/mol. The normalized spacial score (nSPS) is 11.1. The van der Waals surface area contributed by atoms with Gasteiger partial charge in [-0.3, -0.25) is 19.6 Å². The highest BCUT2D eigenvalue weighted by atomic mass is 32.1. The van der Waals surface area contributed by atoms with Crippen molar-refractivity contribution in [2.45, 2.75) is 33.2 Å². The summed E-state index contributed by atoms with van der Waals surface area (Å²) in [5, 5.41) is 4.94. The summed E-state index contributed by atoms with van der Waals surface area (Å²) in [6.45, 7) is 3.89. The summed E-state index contributed by atoms with van der Waals surface area (Å²) in [5.41, 5.74) is 2.08. The Balaban J connectivity index is 1.66. The first-order valence-electron chi connectivity index (χ1n) is 9.35. The van der Waals surface area contributed by atoms with Crippen molar-refractivity contribution >= 4 is 29.0 Å². The number of hydrogen-bond acceptors (Lipinski definition) is 5. The van der Waals surface area contributed by atoms with E-state index in [1.807, 2.05) is 47.8 Å². The van der Waals surface area contributed by atoms with Gasteiger partial charge in [0.1, 0.15) is 0 Å². The van der Waals surface area contributed by atoms with Gasteiger partial charge in [-0.15, -0.1) is 11.3 Å². The van der Waals surface area contributed by atoms with Crippen LogP contribution in [0.4, 0.5) is 5.95 Å². The second-order valence-electron chi connectivity index (χ2n) is 6.85. The molecule has 0 spiro atoms. The number of carbonyl (C=O) groups is 1. The molecule has 3 aromatic heterocycles. The number of H-pyrrole nitrogens is 1. The van der Waals surface area contributed by atoms with Gasteiger partial charge in [0.15, 0.2) is 0 Å². The van der Waals surface area contributed by atoms with Gasteiger partial charge >= 0.3 is 0 Å². The first-order valence-corrected chi connectivity index (χ1v) is 10.2. The van der Waals surface area contributed by atoms with E-state index < -0.39 is 0 Å². The number of thiophene rings is 1. The number of fused-ring (bicyclic) bond motifs is 1. The summed E-state index contributed by atoms with van der Waals surface area (Å²) < 4.78 is 1.30. The molecule has 1 amide bonds. The molecule has 3 heterocycles. The minimum Gasteiger partial charge on any atom is -0.276 e. The van der Waals surface area contributed by atoms with E-state index in [9.17, 15) is 9.59 Å².